The summed E-state index contributed by atoms with van der Waals surface area (Å²) < 4.78 is 0. The van der Waals surface area contributed by atoms with Crippen LogP contribution >= 0.6 is 0 Å². The van der Waals surface area contributed by atoms with Crippen LogP contribution in [0.2, 0.25) is 0 Å². The van der Waals surface area contributed by atoms with Gasteiger partial charge in [0.1, 0.15) is 0 Å². The fraction of sp³-hybridized carbons (Fsp3) is 0. The Balaban J connectivity index is 0. The first-order chi connectivity index (χ1) is 3.93. The van der Waals surface area contributed by atoms with Crippen molar-refractivity contribution in [1.82, 2.24) is 11.1 Å². The van der Waals surface area contributed by atoms with Crippen LogP contribution in [0.4, 0.5) is 0 Å². The van der Waals surface area contributed by atoms with Crippen LogP contribution in [-0.4, -0.2) is 10.5 Å². The van der Waals surface area contributed by atoms with Gasteiger partial charge in [-0.2, -0.15) is 5.26 Å². The maximum absolute atomic E-state index is 8.26. The molecule has 0 fully saturated rings. The average molecular weight is 139 g/mol. The summed E-state index contributed by atoms with van der Waals surface area (Å²) in [7, 11) is 0. The third-order valence-corrected chi connectivity index (χ3v) is 0.809. The Morgan fingerprint density at radius 3 is 2.10 bits per heavy atom. The van der Waals surface area contributed by atoms with Crippen LogP contribution in [0.3, 0.4) is 0 Å². The van der Waals surface area contributed by atoms with Crippen LogP contribution in [-0.2, 0) is 0 Å². The minimum atomic E-state index is 0. The van der Waals surface area contributed by atoms with Gasteiger partial charge in [-0.05, 0) is 12.1 Å². The smallest absolute Gasteiger partial charge is 0.0992 e. The Morgan fingerprint density at radius 1 is 1.30 bits per heavy atom. The summed E-state index contributed by atoms with van der Waals surface area (Å²) in [6, 6.07) is 5.32. The van der Waals surface area contributed by atoms with E-state index >= 15 is 0 Å². The number of hydrogen-bond donors (Lipinski definition) is 1. The standard InChI is InChI=1S/C6H4N2.H3N.H2O/c7-5-6-1-3-8-4-2-6;;/h1-4H;1H3;1H2. The van der Waals surface area contributed by atoms with E-state index in [1.807, 2.05) is 6.07 Å². The predicted octanol–water partition coefficient (Wildman–Crippen LogP) is 0.291. The van der Waals surface area contributed by atoms with Crippen molar-refractivity contribution in [1.29, 1.82) is 5.26 Å². The summed E-state index contributed by atoms with van der Waals surface area (Å²) >= 11 is 0. The number of hydrogen-bond acceptors (Lipinski definition) is 3. The summed E-state index contributed by atoms with van der Waals surface area (Å²) in [6.45, 7) is 0. The molecular formula is C6H9N3O. The largest absolute Gasteiger partial charge is 0.412 e. The topological polar surface area (TPSA) is 103 Å². The molecular weight excluding hydrogens is 130 g/mol. The van der Waals surface area contributed by atoms with Crippen LogP contribution in [0.15, 0.2) is 24.5 Å². The maximum atomic E-state index is 8.26. The quantitative estimate of drug-likeness (QED) is 0.558. The molecule has 0 spiro atoms. The summed E-state index contributed by atoms with van der Waals surface area (Å²) in [6.07, 6.45) is 3.19. The lowest BCUT2D eigenvalue weighted by molar-refractivity contribution is 0.824. The molecule has 0 amide bonds. The molecule has 1 rings (SSSR count). The fourth-order valence-electron chi connectivity index (χ4n) is 0.426. The first kappa shape index (κ1) is 11.4. The normalized spacial score (nSPS) is 6.30. The Morgan fingerprint density at radius 2 is 1.80 bits per heavy atom. The Labute approximate surface area is 59.0 Å². The van der Waals surface area contributed by atoms with Crippen molar-refractivity contribution in [3.63, 3.8) is 0 Å². The molecule has 0 aromatic carbocycles. The maximum Gasteiger partial charge on any atom is 0.0992 e. The molecule has 0 aliphatic heterocycles. The van der Waals surface area contributed by atoms with Gasteiger partial charge in [0.15, 0.2) is 0 Å². The molecule has 5 N–H and O–H groups in total. The zero-order valence-corrected chi connectivity index (χ0v) is 5.41. The monoisotopic (exact) mass is 139 g/mol. The zero-order chi connectivity index (χ0) is 5.82. The lowest BCUT2D eigenvalue weighted by Crippen LogP contribution is -1.71. The molecule has 0 unspecified atom stereocenters. The Bertz CT molecular complexity index is 204. The van der Waals surface area contributed by atoms with E-state index in [0.29, 0.717) is 5.56 Å². The van der Waals surface area contributed by atoms with Gasteiger partial charge in [0, 0.05) is 12.4 Å². The SMILES string of the molecule is N.N#Cc1ccncc1.O. The van der Waals surface area contributed by atoms with E-state index in [4.69, 9.17) is 5.26 Å². The molecule has 1 heterocycles. The molecule has 0 saturated carbocycles. The van der Waals surface area contributed by atoms with Crippen LogP contribution < -0.4 is 6.15 Å². The first-order valence-corrected chi connectivity index (χ1v) is 2.23. The fourth-order valence-corrected chi connectivity index (χ4v) is 0.426. The van der Waals surface area contributed by atoms with Crippen molar-refractivity contribution >= 4 is 0 Å². The van der Waals surface area contributed by atoms with Gasteiger partial charge in [-0.25, -0.2) is 0 Å². The van der Waals surface area contributed by atoms with Gasteiger partial charge in [-0.3, -0.25) is 4.98 Å². The molecule has 4 heteroatoms. The zero-order valence-electron chi connectivity index (χ0n) is 5.41. The van der Waals surface area contributed by atoms with Gasteiger partial charge in [0.2, 0.25) is 0 Å². The van der Waals surface area contributed by atoms with E-state index in [1.54, 1.807) is 24.5 Å². The van der Waals surface area contributed by atoms with E-state index in [2.05, 4.69) is 4.98 Å². The van der Waals surface area contributed by atoms with Gasteiger partial charge in [0.05, 0.1) is 11.6 Å². The van der Waals surface area contributed by atoms with Crippen LogP contribution in [0.25, 0.3) is 0 Å². The lowest BCUT2D eigenvalue weighted by Gasteiger charge is -1.79. The highest BCUT2D eigenvalue weighted by Gasteiger charge is 1.80. The average Bonchev–Trinajstić information content (AvgIpc) is 1.90. The van der Waals surface area contributed by atoms with E-state index in [1.165, 1.54) is 0 Å². The van der Waals surface area contributed by atoms with Gasteiger partial charge in [-0.15, -0.1) is 0 Å². The highest BCUT2D eigenvalue weighted by Crippen LogP contribution is 1.89. The molecule has 0 aliphatic rings. The van der Waals surface area contributed by atoms with Crippen LogP contribution in [0.1, 0.15) is 5.56 Å². The molecule has 1 aromatic heterocycles. The second kappa shape index (κ2) is 5.69. The van der Waals surface area contributed by atoms with Crippen LogP contribution in [0, 0.1) is 11.3 Å². The summed E-state index contributed by atoms with van der Waals surface area (Å²) in [5.74, 6) is 0. The van der Waals surface area contributed by atoms with Crippen molar-refractivity contribution in [2.45, 2.75) is 0 Å². The first-order valence-electron chi connectivity index (χ1n) is 2.23. The third kappa shape index (κ3) is 2.77. The van der Waals surface area contributed by atoms with Crippen molar-refractivity contribution in [2.24, 2.45) is 0 Å². The minimum absolute atomic E-state index is 0. The number of pyridine rings is 1. The summed E-state index contributed by atoms with van der Waals surface area (Å²) in [4.78, 5) is 3.74. The van der Waals surface area contributed by atoms with Gasteiger partial charge in [-0.1, -0.05) is 0 Å². The number of nitriles is 1. The third-order valence-electron chi connectivity index (χ3n) is 0.809. The minimum Gasteiger partial charge on any atom is -0.412 e. The Hall–Kier alpha value is -1.44. The number of aromatic nitrogens is 1. The van der Waals surface area contributed by atoms with Gasteiger partial charge in [0.25, 0.3) is 0 Å². The number of nitrogens with zero attached hydrogens (tertiary/aromatic N) is 2. The highest BCUT2D eigenvalue weighted by molar-refractivity contribution is 5.24. The Kier molecular flexibility index (Phi) is 6.47. The van der Waals surface area contributed by atoms with E-state index < -0.39 is 0 Å². The molecule has 0 aliphatic carbocycles. The second-order valence-corrected chi connectivity index (χ2v) is 1.35. The molecule has 4 nitrogen and oxygen atoms in total. The number of rotatable bonds is 0. The molecule has 1 aromatic rings. The van der Waals surface area contributed by atoms with Gasteiger partial charge >= 0.3 is 0 Å². The molecule has 10 heavy (non-hydrogen) atoms. The predicted molar refractivity (Wildman–Crippen MR) is 37.6 cm³/mol. The summed E-state index contributed by atoms with van der Waals surface area (Å²) in [5, 5.41) is 8.26. The molecule has 0 saturated heterocycles. The van der Waals surface area contributed by atoms with E-state index in [-0.39, 0.29) is 11.6 Å². The summed E-state index contributed by atoms with van der Waals surface area (Å²) in [5.41, 5.74) is 0.653. The van der Waals surface area contributed by atoms with Gasteiger partial charge < -0.3 is 11.6 Å². The molecule has 0 atom stereocenters. The highest BCUT2D eigenvalue weighted by atomic mass is 16.0. The van der Waals surface area contributed by atoms with Crippen molar-refractivity contribution < 1.29 is 5.48 Å². The molecule has 54 valence electrons. The van der Waals surface area contributed by atoms with Crippen LogP contribution in [0.5, 0.6) is 0 Å². The molecule has 0 bridgehead atoms. The van der Waals surface area contributed by atoms with Crippen molar-refractivity contribution in [3.8, 4) is 6.07 Å². The van der Waals surface area contributed by atoms with E-state index in [9.17, 15) is 0 Å². The lowest BCUT2D eigenvalue weighted by atomic mass is 10.3. The second-order valence-electron chi connectivity index (χ2n) is 1.35. The van der Waals surface area contributed by atoms with Crippen molar-refractivity contribution in [2.75, 3.05) is 0 Å². The van der Waals surface area contributed by atoms with E-state index in [0.717, 1.165) is 0 Å². The molecule has 0 radical (unpaired) electrons. The van der Waals surface area contributed by atoms with Crippen molar-refractivity contribution in [3.05, 3.63) is 30.1 Å².